The summed E-state index contributed by atoms with van der Waals surface area (Å²) in [6.45, 7) is 7.27. The molecule has 0 fully saturated rings. The van der Waals surface area contributed by atoms with E-state index in [9.17, 15) is 5.11 Å². The van der Waals surface area contributed by atoms with Crippen molar-refractivity contribution in [3.8, 4) is 0 Å². The van der Waals surface area contributed by atoms with Crippen molar-refractivity contribution in [2.75, 3.05) is 13.1 Å². The van der Waals surface area contributed by atoms with E-state index in [2.05, 4.69) is 11.6 Å². The first-order valence-corrected chi connectivity index (χ1v) is 6.84. The van der Waals surface area contributed by atoms with Crippen LogP contribution in [-0.2, 0) is 0 Å². The van der Waals surface area contributed by atoms with Crippen molar-refractivity contribution in [1.29, 1.82) is 0 Å². The van der Waals surface area contributed by atoms with Gasteiger partial charge in [-0.15, -0.1) is 6.58 Å². The monoisotopic (exact) mass is 238 g/mol. The molecule has 0 aliphatic carbocycles. The molecule has 0 saturated carbocycles. The maximum absolute atomic E-state index is 9.56. The fourth-order valence-corrected chi connectivity index (χ4v) is 2.23. The van der Waals surface area contributed by atoms with Crippen LogP contribution in [0.2, 0.25) is 0 Å². The van der Waals surface area contributed by atoms with E-state index in [0.29, 0.717) is 0 Å². The molecule has 0 amide bonds. The predicted octanol–water partition coefficient (Wildman–Crippen LogP) is 2.96. The number of amidine groups is 1. The second-order valence-corrected chi connectivity index (χ2v) is 4.72. The number of aliphatic imine (C=N–C) groups is 1. The van der Waals surface area contributed by atoms with Gasteiger partial charge in [0.2, 0.25) is 0 Å². The SMILES string of the molecule is C=CCCCCCCCC1=NCCN1C(C)O. The lowest BCUT2D eigenvalue weighted by atomic mass is 10.1. The van der Waals surface area contributed by atoms with E-state index in [1.165, 1.54) is 32.1 Å². The maximum atomic E-state index is 9.56. The molecule has 17 heavy (non-hydrogen) atoms. The van der Waals surface area contributed by atoms with Crippen LogP contribution in [0.25, 0.3) is 0 Å². The number of hydrogen-bond donors (Lipinski definition) is 1. The van der Waals surface area contributed by atoms with Crippen molar-refractivity contribution in [1.82, 2.24) is 4.90 Å². The van der Waals surface area contributed by atoms with Gasteiger partial charge in [0.15, 0.2) is 0 Å². The zero-order valence-corrected chi connectivity index (χ0v) is 11.1. The van der Waals surface area contributed by atoms with Gasteiger partial charge in [-0.05, 0) is 26.2 Å². The number of hydrogen-bond acceptors (Lipinski definition) is 3. The summed E-state index contributed by atoms with van der Waals surface area (Å²) in [5, 5.41) is 9.56. The summed E-state index contributed by atoms with van der Waals surface area (Å²) < 4.78 is 0. The summed E-state index contributed by atoms with van der Waals surface area (Å²) >= 11 is 0. The molecule has 1 N–H and O–H groups in total. The van der Waals surface area contributed by atoms with Crippen molar-refractivity contribution in [3.05, 3.63) is 12.7 Å². The number of allylic oxidation sites excluding steroid dienone is 1. The first-order valence-electron chi connectivity index (χ1n) is 6.84. The highest BCUT2D eigenvalue weighted by molar-refractivity contribution is 5.83. The number of nitrogens with zero attached hydrogens (tertiary/aromatic N) is 2. The molecule has 0 bridgehead atoms. The molecule has 1 rings (SSSR count). The second-order valence-electron chi connectivity index (χ2n) is 4.72. The third-order valence-corrected chi connectivity index (χ3v) is 3.23. The molecule has 1 unspecified atom stereocenters. The van der Waals surface area contributed by atoms with Crippen molar-refractivity contribution in [3.63, 3.8) is 0 Å². The number of rotatable bonds is 9. The Balaban J connectivity index is 2.04. The summed E-state index contributed by atoms with van der Waals surface area (Å²) in [4.78, 5) is 6.47. The van der Waals surface area contributed by atoms with Crippen LogP contribution in [0.3, 0.4) is 0 Å². The highest BCUT2D eigenvalue weighted by Crippen LogP contribution is 2.13. The van der Waals surface area contributed by atoms with Crippen molar-refractivity contribution < 1.29 is 5.11 Å². The Morgan fingerprint density at radius 2 is 2.06 bits per heavy atom. The molecule has 3 heteroatoms. The zero-order chi connectivity index (χ0) is 12.5. The van der Waals surface area contributed by atoms with Crippen molar-refractivity contribution in [2.24, 2.45) is 4.99 Å². The summed E-state index contributed by atoms with van der Waals surface area (Å²) in [7, 11) is 0. The summed E-state index contributed by atoms with van der Waals surface area (Å²) in [6, 6.07) is 0. The highest BCUT2D eigenvalue weighted by atomic mass is 16.3. The largest absolute Gasteiger partial charge is 0.374 e. The van der Waals surface area contributed by atoms with Crippen LogP contribution in [0.1, 0.15) is 51.9 Å². The Morgan fingerprint density at radius 3 is 2.76 bits per heavy atom. The van der Waals surface area contributed by atoms with E-state index in [1.54, 1.807) is 0 Å². The van der Waals surface area contributed by atoms with Gasteiger partial charge in [0.25, 0.3) is 0 Å². The molecule has 0 aromatic heterocycles. The Morgan fingerprint density at radius 1 is 1.35 bits per heavy atom. The van der Waals surface area contributed by atoms with Crippen molar-refractivity contribution >= 4 is 5.84 Å². The van der Waals surface area contributed by atoms with Gasteiger partial charge >= 0.3 is 0 Å². The molecule has 0 radical (unpaired) electrons. The standard InChI is InChI=1S/C14H26N2O/c1-3-4-5-6-7-8-9-10-14-15-11-12-16(14)13(2)17/h3,13,17H,1,4-12H2,2H3. The van der Waals surface area contributed by atoms with E-state index in [0.717, 1.165) is 31.8 Å². The first-order chi connectivity index (χ1) is 8.25. The van der Waals surface area contributed by atoms with Gasteiger partial charge in [0, 0.05) is 13.0 Å². The zero-order valence-electron chi connectivity index (χ0n) is 11.1. The molecule has 0 saturated heterocycles. The van der Waals surface area contributed by atoms with Gasteiger partial charge in [-0.25, -0.2) is 0 Å². The van der Waals surface area contributed by atoms with Gasteiger partial charge in [-0.1, -0.05) is 25.3 Å². The molecular formula is C14H26N2O. The van der Waals surface area contributed by atoms with Gasteiger partial charge in [0.05, 0.1) is 6.54 Å². The van der Waals surface area contributed by atoms with Crippen LogP contribution in [0.5, 0.6) is 0 Å². The second kappa shape index (κ2) is 8.29. The molecule has 0 aromatic carbocycles. The highest BCUT2D eigenvalue weighted by Gasteiger charge is 2.19. The molecule has 1 atom stereocenters. The fourth-order valence-electron chi connectivity index (χ4n) is 2.23. The van der Waals surface area contributed by atoms with Crippen LogP contribution in [0.4, 0.5) is 0 Å². The lowest BCUT2D eigenvalue weighted by molar-refractivity contribution is 0.0766. The van der Waals surface area contributed by atoms with Gasteiger partial charge in [-0.2, -0.15) is 0 Å². The summed E-state index contributed by atoms with van der Waals surface area (Å²) in [5.74, 6) is 1.10. The molecule has 3 nitrogen and oxygen atoms in total. The number of unbranched alkanes of at least 4 members (excludes halogenated alkanes) is 5. The van der Waals surface area contributed by atoms with Crippen LogP contribution in [0.15, 0.2) is 17.6 Å². The Labute approximate surface area is 105 Å². The van der Waals surface area contributed by atoms with Crippen LogP contribution in [0, 0.1) is 0 Å². The third-order valence-electron chi connectivity index (χ3n) is 3.23. The molecular weight excluding hydrogens is 212 g/mol. The molecule has 1 aliphatic heterocycles. The minimum Gasteiger partial charge on any atom is -0.374 e. The van der Waals surface area contributed by atoms with E-state index < -0.39 is 0 Å². The van der Waals surface area contributed by atoms with Gasteiger partial charge in [0.1, 0.15) is 12.1 Å². The van der Waals surface area contributed by atoms with Gasteiger partial charge < -0.3 is 10.0 Å². The van der Waals surface area contributed by atoms with Crippen LogP contribution < -0.4 is 0 Å². The third kappa shape index (κ3) is 5.35. The summed E-state index contributed by atoms with van der Waals surface area (Å²) in [5.41, 5.74) is 0. The van der Waals surface area contributed by atoms with Crippen LogP contribution in [-0.4, -0.2) is 35.2 Å². The Bertz CT molecular complexity index is 249. The molecule has 1 heterocycles. The first kappa shape index (κ1) is 14.2. The number of aliphatic hydroxyl groups is 1. The van der Waals surface area contributed by atoms with E-state index in [4.69, 9.17) is 0 Å². The average Bonchev–Trinajstić information content (AvgIpc) is 2.76. The minimum atomic E-state index is -0.385. The van der Waals surface area contributed by atoms with Crippen LogP contribution >= 0.6 is 0 Å². The van der Waals surface area contributed by atoms with E-state index in [1.807, 2.05) is 17.9 Å². The summed E-state index contributed by atoms with van der Waals surface area (Å²) in [6.07, 6.45) is 10.1. The quantitative estimate of drug-likeness (QED) is 0.495. The molecule has 98 valence electrons. The van der Waals surface area contributed by atoms with Gasteiger partial charge in [-0.3, -0.25) is 4.99 Å². The fraction of sp³-hybridized carbons (Fsp3) is 0.786. The topological polar surface area (TPSA) is 35.8 Å². The van der Waals surface area contributed by atoms with Crippen molar-refractivity contribution in [2.45, 2.75) is 58.1 Å². The maximum Gasteiger partial charge on any atom is 0.125 e. The average molecular weight is 238 g/mol. The normalized spacial score (nSPS) is 17.1. The Kier molecular flexibility index (Phi) is 6.94. The lowest BCUT2D eigenvalue weighted by Crippen LogP contribution is -2.35. The predicted molar refractivity (Wildman–Crippen MR) is 73.2 cm³/mol. The van der Waals surface area contributed by atoms with E-state index in [-0.39, 0.29) is 6.23 Å². The van der Waals surface area contributed by atoms with E-state index >= 15 is 0 Å². The molecule has 1 aliphatic rings. The smallest absolute Gasteiger partial charge is 0.125 e. The Hall–Kier alpha value is -0.830. The molecule has 0 aromatic rings. The molecule has 0 spiro atoms. The number of aliphatic hydroxyl groups excluding tert-OH is 1. The lowest BCUT2D eigenvalue weighted by Gasteiger charge is -2.23. The minimum absolute atomic E-state index is 0.385.